The summed E-state index contributed by atoms with van der Waals surface area (Å²) in [6.07, 6.45) is 12.9. The van der Waals surface area contributed by atoms with E-state index in [1.54, 1.807) is 0 Å². The number of ether oxygens (including phenoxy) is 1. The molecule has 2 heterocycles. The van der Waals surface area contributed by atoms with E-state index < -0.39 is 0 Å². The van der Waals surface area contributed by atoms with Crippen LogP contribution in [0.5, 0.6) is 0 Å². The van der Waals surface area contributed by atoms with Crippen LogP contribution in [0.25, 0.3) is 0 Å². The summed E-state index contributed by atoms with van der Waals surface area (Å²) >= 11 is 0. The van der Waals surface area contributed by atoms with Gasteiger partial charge >= 0.3 is 0 Å². The smallest absolute Gasteiger partial charge is 0.229 e. The molecule has 3 nitrogen and oxygen atoms in total. The van der Waals surface area contributed by atoms with Crippen LogP contribution in [0.1, 0.15) is 64.2 Å². The fourth-order valence-corrected chi connectivity index (χ4v) is 7.30. The van der Waals surface area contributed by atoms with E-state index in [-0.39, 0.29) is 5.41 Å². The monoisotopic (exact) mass is 303 g/mol. The molecule has 0 spiro atoms. The van der Waals surface area contributed by atoms with Crippen LogP contribution in [-0.2, 0) is 9.53 Å². The van der Waals surface area contributed by atoms with E-state index in [2.05, 4.69) is 4.90 Å². The van der Waals surface area contributed by atoms with Crippen LogP contribution in [0, 0.1) is 23.2 Å². The number of hydrogen-bond acceptors (Lipinski definition) is 2. The lowest BCUT2D eigenvalue weighted by Crippen LogP contribution is -2.58. The van der Waals surface area contributed by atoms with Crippen molar-refractivity contribution in [3.63, 3.8) is 0 Å². The van der Waals surface area contributed by atoms with Gasteiger partial charge in [-0.05, 0) is 82.0 Å². The summed E-state index contributed by atoms with van der Waals surface area (Å²) < 4.78 is 5.61. The zero-order valence-corrected chi connectivity index (χ0v) is 13.8. The molecule has 0 aromatic rings. The summed E-state index contributed by atoms with van der Waals surface area (Å²) in [5.74, 6) is 3.16. The van der Waals surface area contributed by atoms with Crippen LogP contribution < -0.4 is 0 Å². The molecule has 0 aromatic heterocycles. The van der Waals surface area contributed by atoms with Gasteiger partial charge < -0.3 is 9.64 Å². The van der Waals surface area contributed by atoms with Gasteiger partial charge in [0.1, 0.15) is 0 Å². The van der Waals surface area contributed by atoms with E-state index in [1.165, 1.54) is 51.4 Å². The van der Waals surface area contributed by atoms with Gasteiger partial charge in [-0.3, -0.25) is 4.79 Å². The summed E-state index contributed by atoms with van der Waals surface area (Å²) in [5.41, 5.74) is 0.0511. The molecular formula is C19H29NO2. The second-order valence-corrected chi connectivity index (χ2v) is 9.12. The van der Waals surface area contributed by atoms with Crippen molar-refractivity contribution in [2.45, 2.75) is 82.4 Å². The lowest BCUT2D eigenvalue weighted by Gasteiger charge is -2.57. The summed E-state index contributed by atoms with van der Waals surface area (Å²) in [7, 11) is 1.83. The van der Waals surface area contributed by atoms with Crippen molar-refractivity contribution in [1.29, 1.82) is 0 Å². The fourth-order valence-electron chi connectivity index (χ4n) is 7.30. The van der Waals surface area contributed by atoms with Gasteiger partial charge in [0.05, 0.1) is 11.5 Å². The molecule has 0 radical (unpaired) electrons. The van der Waals surface area contributed by atoms with Crippen molar-refractivity contribution < 1.29 is 9.53 Å². The van der Waals surface area contributed by atoms with Crippen molar-refractivity contribution in [1.82, 2.24) is 4.90 Å². The number of hydrogen-bond donors (Lipinski definition) is 0. The number of carbonyl (C=O) groups excluding carboxylic acids is 1. The second-order valence-electron chi connectivity index (χ2n) is 9.12. The van der Waals surface area contributed by atoms with Crippen LogP contribution in [0.4, 0.5) is 0 Å². The van der Waals surface area contributed by atoms with E-state index in [0.29, 0.717) is 24.1 Å². The Hall–Kier alpha value is -0.570. The molecule has 1 amide bonds. The molecule has 3 heteroatoms. The Balaban J connectivity index is 1.41. The molecule has 2 aliphatic heterocycles. The Kier molecular flexibility index (Phi) is 2.97. The summed E-state index contributed by atoms with van der Waals surface area (Å²) in [6, 6.07) is 0.952. The average Bonchev–Trinajstić information content (AvgIpc) is 2.74. The third-order valence-corrected chi connectivity index (χ3v) is 7.75. The quantitative estimate of drug-likeness (QED) is 0.783. The van der Waals surface area contributed by atoms with Gasteiger partial charge in [0.2, 0.25) is 5.91 Å². The van der Waals surface area contributed by atoms with Gasteiger partial charge in [0, 0.05) is 19.2 Å². The average molecular weight is 303 g/mol. The molecule has 0 N–H and O–H groups in total. The summed E-state index contributed by atoms with van der Waals surface area (Å²) in [4.78, 5) is 16.0. The van der Waals surface area contributed by atoms with Crippen molar-refractivity contribution >= 4 is 5.91 Å². The molecule has 6 bridgehead atoms. The lowest BCUT2D eigenvalue weighted by atomic mass is 9.49. The molecule has 22 heavy (non-hydrogen) atoms. The van der Waals surface area contributed by atoms with Crippen LogP contribution in [-0.4, -0.2) is 36.1 Å². The van der Waals surface area contributed by atoms with Gasteiger partial charge in [-0.15, -0.1) is 0 Å². The third kappa shape index (κ3) is 1.87. The van der Waals surface area contributed by atoms with Crippen LogP contribution in [0.3, 0.4) is 0 Å². The number of amides is 1. The number of rotatable bonds is 2. The van der Waals surface area contributed by atoms with E-state index in [1.807, 2.05) is 7.11 Å². The van der Waals surface area contributed by atoms with Gasteiger partial charge in [-0.2, -0.15) is 0 Å². The highest BCUT2D eigenvalue weighted by Crippen LogP contribution is 2.61. The maximum Gasteiger partial charge on any atom is 0.229 e. The highest BCUT2D eigenvalue weighted by Gasteiger charge is 2.58. The van der Waals surface area contributed by atoms with Crippen molar-refractivity contribution in [2.75, 3.05) is 7.11 Å². The molecule has 2 atom stereocenters. The SMILES string of the molecule is COC1CC2CCC(C1)N2C(=O)C12CC3CC(CC(C3)C1)C2. The Morgan fingerprint density at radius 3 is 1.86 bits per heavy atom. The zero-order chi connectivity index (χ0) is 14.9. The summed E-state index contributed by atoms with van der Waals surface area (Å²) in [5, 5.41) is 0. The minimum Gasteiger partial charge on any atom is -0.381 e. The van der Waals surface area contributed by atoms with Gasteiger partial charge in [-0.1, -0.05) is 0 Å². The standard InChI is InChI=1S/C19H29NO2/c1-22-17-7-15-2-3-16(8-17)20(15)18(21)19-9-12-4-13(10-19)6-14(5-12)11-19/h12-17H,2-11H2,1H3. The number of carbonyl (C=O) groups is 1. The molecule has 2 saturated heterocycles. The Bertz CT molecular complexity index is 439. The topological polar surface area (TPSA) is 29.5 Å². The van der Waals surface area contributed by atoms with Gasteiger partial charge in [0.25, 0.3) is 0 Å². The van der Waals surface area contributed by atoms with Crippen LogP contribution in [0.2, 0.25) is 0 Å². The van der Waals surface area contributed by atoms with Gasteiger partial charge in [0.15, 0.2) is 0 Å². The highest BCUT2D eigenvalue weighted by atomic mass is 16.5. The Morgan fingerprint density at radius 2 is 1.41 bits per heavy atom. The predicted molar refractivity (Wildman–Crippen MR) is 84.3 cm³/mol. The normalized spacial score (nSPS) is 52.3. The fraction of sp³-hybridized carbons (Fsp3) is 0.947. The maximum atomic E-state index is 13.6. The molecular weight excluding hydrogens is 274 g/mol. The van der Waals surface area contributed by atoms with Crippen molar-refractivity contribution in [2.24, 2.45) is 23.2 Å². The van der Waals surface area contributed by atoms with E-state index in [0.717, 1.165) is 30.6 Å². The van der Waals surface area contributed by atoms with Gasteiger partial charge in [-0.25, -0.2) is 0 Å². The molecule has 2 unspecified atom stereocenters. The second kappa shape index (κ2) is 4.72. The van der Waals surface area contributed by atoms with E-state index in [4.69, 9.17) is 4.74 Å². The maximum absolute atomic E-state index is 13.6. The number of nitrogens with zero attached hydrogens (tertiary/aromatic N) is 1. The third-order valence-electron chi connectivity index (χ3n) is 7.75. The largest absolute Gasteiger partial charge is 0.381 e. The molecule has 4 saturated carbocycles. The minimum absolute atomic E-state index is 0.0511. The molecule has 4 aliphatic carbocycles. The number of methoxy groups -OCH3 is 1. The molecule has 6 fully saturated rings. The summed E-state index contributed by atoms with van der Waals surface area (Å²) in [6.45, 7) is 0. The van der Waals surface area contributed by atoms with E-state index >= 15 is 0 Å². The first-order chi connectivity index (χ1) is 10.7. The molecule has 122 valence electrons. The molecule has 6 aliphatic rings. The first-order valence-electron chi connectivity index (χ1n) is 9.52. The van der Waals surface area contributed by atoms with Crippen molar-refractivity contribution in [3.8, 4) is 0 Å². The number of fused-ring (bicyclic) bond motifs is 2. The Labute approximate surface area is 133 Å². The highest BCUT2D eigenvalue weighted by molar-refractivity contribution is 5.84. The molecule has 6 rings (SSSR count). The number of piperidine rings is 1. The van der Waals surface area contributed by atoms with E-state index in [9.17, 15) is 4.79 Å². The van der Waals surface area contributed by atoms with Crippen LogP contribution >= 0.6 is 0 Å². The zero-order valence-electron chi connectivity index (χ0n) is 13.8. The first-order valence-corrected chi connectivity index (χ1v) is 9.52. The first kappa shape index (κ1) is 13.8. The lowest BCUT2D eigenvalue weighted by molar-refractivity contribution is -0.164. The van der Waals surface area contributed by atoms with Crippen molar-refractivity contribution in [3.05, 3.63) is 0 Å². The molecule has 0 aromatic carbocycles. The Morgan fingerprint density at radius 1 is 0.909 bits per heavy atom. The minimum atomic E-state index is 0.0511. The van der Waals surface area contributed by atoms with Crippen LogP contribution in [0.15, 0.2) is 0 Å². The predicted octanol–water partition coefficient (Wildman–Crippen LogP) is 3.37.